The van der Waals surface area contributed by atoms with Gasteiger partial charge in [0.15, 0.2) is 5.16 Å². The third-order valence-electron chi connectivity index (χ3n) is 4.49. The lowest BCUT2D eigenvalue weighted by Gasteiger charge is -2.23. The summed E-state index contributed by atoms with van der Waals surface area (Å²) in [6.07, 6.45) is 13.6. The van der Waals surface area contributed by atoms with Gasteiger partial charge < -0.3 is 0 Å². The van der Waals surface area contributed by atoms with Gasteiger partial charge in [-0.15, -0.1) is 11.8 Å². The van der Waals surface area contributed by atoms with Crippen molar-refractivity contribution >= 4 is 34.9 Å². The van der Waals surface area contributed by atoms with Gasteiger partial charge in [0.1, 0.15) is 5.78 Å². The molecular formula is C20H24N2OS2. The summed E-state index contributed by atoms with van der Waals surface area (Å²) in [7, 11) is 0. The maximum Gasteiger partial charge on any atom is 0.188 e. The van der Waals surface area contributed by atoms with Gasteiger partial charge in [0.05, 0.1) is 11.4 Å². The maximum atomic E-state index is 12.2. The Morgan fingerprint density at radius 2 is 2.08 bits per heavy atom. The van der Waals surface area contributed by atoms with Crippen molar-refractivity contribution in [1.82, 2.24) is 9.97 Å². The van der Waals surface area contributed by atoms with E-state index in [0.29, 0.717) is 10.9 Å². The molecule has 3 rings (SSSR count). The third kappa shape index (κ3) is 4.09. The normalized spacial score (nSPS) is 16.9. The molecule has 0 amide bonds. The molecule has 2 aliphatic carbocycles. The summed E-state index contributed by atoms with van der Waals surface area (Å²) in [6.45, 7) is 5.86. The predicted octanol–water partition coefficient (Wildman–Crippen LogP) is 5.09. The second-order valence-electron chi connectivity index (χ2n) is 7.31. The summed E-state index contributed by atoms with van der Waals surface area (Å²) in [5.41, 5.74) is 4.60. The van der Waals surface area contributed by atoms with E-state index in [1.54, 1.807) is 11.8 Å². The van der Waals surface area contributed by atoms with Crippen LogP contribution in [0.15, 0.2) is 40.1 Å². The summed E-state index contributed by atoms with van der Waals surface area (Å²) >= 11 is 3.25. The topological polar surface area (TPSA) is 42.9 Å². The Kier molecular flexibility index (Phi) is 5.54. The highest BCUT2D eigenvalue weighted by Gasteiger charge is 2.25. The fourth-order valence-corrected chi connectivity index (χ4v) is 4.55. The van der Waals surface area contributed by atoms with Crippen LogP contribution in [-0.4, -0.2) is 27.8 Å². The zero-order chi connectivity index (χ0) is 18.0. The number of ketones is 1. The van der Waals surface area contributed by atoms with Gasteiger partial charge in [-0.25, -0.2) is 9.97 Å². The summed E-state index contributed by atoms with van der Waals surface area (Å²) < 4.78 is 0. The smallest absolute Gasteiger partial charge is 0.188 e. The zero-order valence-electron chi connectivity index (χ0n) is 15.3. The molecular weight excluding hydrogens is 348 g/mol. The van der Waals surface area contributed by atoms with Crippen LogP contribution in [0.5, 0.6) is 0 Å². The fraction of sp³-hybridized carbons (Fsp3) is 0.450. The van der Waals surface area contributed by atoms with Gasteiger partial charge in [-0.05, 0) is 41.6 Å². The number of carbonyl (C=O) groups excluding carboxylic acids is 1. The summed E-state index contributed by atoms with van der Waals surface area (Å²) in [4.78, 5) is 22.9. The molecule has 0 aliphatic heterocycles. The monoisotopic (exact) mass is 372 g/mol. The molecule has 0 atom stereocenters. The van der Waals surface area contributed by atoms with Crippen LogP contribution in [0, 0.1) is 5.41 Å². The zero-order valence-corrected chi connectivity index (χ0v) is 16.9. The lowest BCUT2D eigenvalue weighted by molar-refractivity contribution is -0.123. The molecule has 0 spiro atoms. The molecule has 1 aromatic rings. The largest absolute Gasteiger partial charge is 0.298 e. The Hall–Kier alpha value is -1.33. The van der Waals surface area contributed by atoms with Gasteiger partial charge in [-0.2, -0.15) is 0 Å². The molecule has 0 saturated heterocycles. The van der Waals surface area contributed by atoms with Crippen molar-refractivity contribution in [2.45, 2.75) is 45.2 Å². The number of carbonyl (C=O) groups is 1. The van der Waals surface area contributed by atoms with Crippen LogP contribution in [0.1, 0.15) is 44.9 Å². The number of fused-ring (bicyclic) bond motifs is 3. The lowest BCUT2D eigenvalue weighted by Crippen LogP contribution is -2.22. The van der Waals surface area contributed by atoms with Gasteiger partial charge in [0.2, 0.25) is 0 Å². The molecule has 5 heteroatoms. The van der Waals surface area contributed by atoms with Gasteiger partial charge in [-0.1, -0.05) is 50.8 Å². The van der Waals surface area contributed by atoms with E-state index in [4.69, 9.17) is 4.98 Å². The van der Waals surface area contributed by atoms with E-state index in [-0.39, 0.29) is 11.2 Å². The molecule has 25 heavy (non-hydrogen) atoms. The van der Waals surface area contributed by atoms with E-state index in [1.165, 1.54) is 33.4 Å². The number of aryl methyl sites for hydroxylation is 1. The minimum absolute atomic E-state index is 0.224. The number of nitrogens with zero attached hydrogens (tertiary/aromatic N) is 2. The van der Waals surface area contributed by atoms with E-state index in [9.17, 15) is 4.79 Å². The van der Waals surface area contributed by atoms with Crippen LogP contribution >= 0.6 is 23.5 Å². The molecule has 0 radical (unpaired) electrons. The maximum absolute atomic E-state index is 12.2. The third-order valence-corrected chi connectivity index (χ3v) is 6.22. The van der Waals surface area contributed by atoms with Crippen molar-refractivity contribution < 1.29 is 4.79 Å². The highest BCUT2D eigenvalue weighted by molar-refractivity contribution is 8.02. The van der Waals surface area contributed by atoms with E-state index in [0.717, 1.165) is 25.0 Å². The molecule has 2 aliphatic rings. The van der Waals surface area contributed by atoms with Crippen molar-refractivity contribution in [3.63, 3.8) is 0 Å². The van der Waals surface area contributed by atoms with E-state index in [1.807, 2.05) is 27.0 Å². The molecule has 0 N–H and O–H groups in total. The molecule has 1 aromatic heterocycles. The van der Waals surface area contributed by atoms with E-state index < -0.39 is 0 Å². The van der Waals surface area contributed by atoms with Crippen molar-refractivity contribution in [2.24, 2.45) is 5.41 Å². The predicted molar refractivity (Wildman–Crippen MR) is 108 cm³/mol. The average Bonchev–Trinajstić information content (AvgIpc) is 2.80. The van der Waals surface area contributed by atoms with Crippen LogP contribution in [0.4, 0.5) is 0 Å². The molecule has 1 heterocycles. The summed E-state index contributed by atoms with van der Waals surface area (Å²) in [6, 6.07) is 0. The first-order chi connectivity index (χ1) is 11.9. The molecule has 0 saturated carbocycles. The number of Topliss-reactive ketones (excluding diaryl/α,β-unsaturated/α-hetero) is 1. The van der Waals surface area contributed by atoms with Crippen molar-refractivity contribution in [2.75, 3.05) is 12.0 Å². The first kappa shape index (κ1) is 18.5. The molecule has 3 nitrogen and oxygen atoms in total. The number of hydrogen-bond acceptors (Lipinski definition) is 5. The molecule has 0 bridgehead atoms. The standard InChI is InChI=1S/C20H24N2OS2/c1-20(2,3)16(23)12-25-19-21-11-14-10-9-13-7-5-6-8-15(24-4)17(13)18(14)22-19/h5-7,11H,8-10,12H2,1-4H3. The Morgan fingerprint density at radius 1 is 1.28 bits per heavy atom. The quantitative estimate of drug-likeness (QED) is 0.544. The molecule has 0 unspecified atom stereocenters. The fourth-order valence-electron chi connectivity index (χ4n) is 2.88. The average molecular weight is 373 g/mol. The van der Waals surface area contributed by atoms with E-state index in [2.05, 4.69) is 29.5 Å². The van der Waals surface area contributed by atoms with Crippen LogP contribution in [-0.2, 0) is 11.2 Å². The number of allylic oxidation sites excluding steroid dienone is 6. The minimum atomic E-state index is -0.321. The summed E-state index contributed by atoms with van der Waals surface area (Å²) in [5.74, 6) is 0.642. The van der Waals surface area contributed by atoms with Gasteiger partial charge in [0.25, 0.3) is 0 Å². The number of thioether (sulfide) groups is 2. The highest BCUT2D eigenvalue weighted by atomic mass is 32.2. The summed E-state index contributed by atoms with van der Waals surface area (Å²) in [5, 5.41) is 0.697. The molecule has 0 aromatic carbocycles. The van der Waals surface area contributed by atoms with Crippen LogP contribution in [0.3, 0.4) is 0 Å². The van der Waals surface area contributed by atoms with Crippen molar-refractivity contribution in [3.8, 4) is 0 Å². The van der Waals surface area contributed by atoms with Crippen LogP contribution < -0.4 is 0 Å². The van der Waals surface area contributed by atoms with E-state index >= 15 is 0 Å². The Bertz CT molecular complexity index is 785. The van der Waals surface area contributed by atoms with Gasteiger partial charge in [-0.3, -0.25) is 4.79 Å². The highest BCUT2D eigenvalue weighted by Crippen LogP contribution is 2.41. The van der Waals surface area contributed by atoms with Gasteiger partial charge >= 0.3 is 0 Å². The minimum Gasteiger partial charge on any atom is -0.298 e. The van der Waals surface area contributed by atoms with Crippen LogP contribution in [0.25, 0.3) is 5.57 Å². The second kappa shape index (κ2) is 7.50. The van der Waals surface area contributed by atoms with Crippen molar-refractivity contribution in [3.05, 3.63) is 46.2 Å². The first-order valence-electron chi connectivity index (χ1n) is 8.55. The molecule has 132 valence electrons. The second-order valence-corrected chi connectivity index (χ2v) is 9.16. The number of aromatic nitrogens is 2. The molecule has 0 fully saturated rings. The number of rotatable bonds is 4. The van der Waals surface area contributed by atoms with Crippen LogP contribution in [0.2, 0.25) is 0 Å². The number of hydrogen-bond donors (Lipinski definition) is 0. The van der Waals surface area contributed by atoms with Gasteiger partial charge in [0, 0.05) is 17.2 Å². The Labute approximate surface area is 158 Å². The Balaban J connectivity index is 1.92. The lowest BCUT2D eigenvalue weighted by atomic mass is 9.87. The van der Waals surface area contributed by atoms with Crippen molar-refractivity contribution in [1.29, 1.82) is 0 Å². The first-order valence-corrected chi connectivity index (χ1v) is 10.8. The Morgan fingerprint density at radius 3 is 2.80 bits per heavy atom. The SMILES string of the molecule is CSC1=C2C(=CC=CC1)CCc1cnc(SCC(=O)C(C)(C)C)nc12.